The predicted octanol–water partition coefficient (Wildman–Crippen LogP) is 5.87. The third-order valence-corrected chi connectivity index (χ3v) is 7.95. The van der Waals surface area contributed by atoms with E-state index < -0.39 is 0 Å². The van der Waals surface area contributed by atoms with Crippen LogP contribution < -0.4 is 4.74 Å². The quantitative estimate of drug-likeness (QED) is 0.667. The van der Waals surface area contributed by atoms with Gasteiger partial charge in [0.25, 0.3) is 0 Å². The van der Waals surface area contributed by atoms with Crippen molar-refractivity contribution in [3.63, 3.8) is 0 Å². The average molecular weight is 415 g/mol. The van der Waals surface area contributed by atoms with Gasteiger partial charge in [0, 0.05) is 19.6 Å². The second kappa shape index (κ2) is 13.0. The molecule has 1 N–H and O–H groups in total. The maximum absolute atomic E-state index is 9.85. The molecule has 1 aromatic rings. The number of benzene rings is 1. The summed E-state index contributed by atoms with van der Waals surface area (Å²) in [6.07, 6.45) is 3.04. The van der Waals surface area contributed by atoms with Gasteiger partial charge in [0.2, 0.25) is 0 Å². The van der Waals surface area contributed by atoms with Crippen LogP contribution in [0.3, 0.4) is 0 Å². The van der Waals surface area contributed by atoms with Crippen LogP contribution in [0.2, 0.25) is 0 Å². The zero-order valence-corrected chi connectivity index (χ0v) is 19.5. The lowest BCUT2D eigenvalue weighted by atomic mass is 10.0. The summed E-state index contributed by atoms with van der Waals surface area (Å²) in [5.74, 6) is 4.10. The molecule has 1 aromatic carbocycles. The first-order valence-corrected chi connectivity index (χ1v) is 12.1. The molecule has 0 spiro atoms. The SMILES string of the molecule is CC.CC1CCOC1.COc1ccc(C2(CC(C)O)SCCCS2)cc1C. The van der Waals surface area contributed by atoms with Gasteiger partial charge in [-0.25, -0.2) is 0 Å². The molecule has 0 radical (unpaired) electrons. The fourth-order valence-corrected chi connectivity index (χ4v) is 6.69. The fraction of sp³-hybridized carbons (Fsp3) is 0.727. The summed E-state index contributed by atoms with van der Waals surface area (Å²) in [6, 6.07) is 6.41. The Kier molecular flexibility index (Phi) is 11.9. The van der Waals surface area contributed by atoms with Gasteiger partial charge < -0.3 is 14.6 Å². The number of thioether (sulfide) groups is 2. The van der Waals surface area contributed by atoms with Gasteiger partial charge in [0.1, 0.15) is 5.75 Å². The van der Waals surface area contributed by atoms with Crippen LogP contribution in [0.4, 0.5) is 0 Å². The highest BCUT2D eigenvalue weighted by Crippen LogP contribution is 2.53. The van der Waals surface area contributed by atoms with E-state index in [0.717, 1.165) is 36.9 Å². The number of rotatable bonds is 4. The zero-order chi connectivity index (χ0) is 20.3. The summed E-state index contributed by atoms with van der Waals surface area (Å²) < 4.78 is 10.4. The Labute approximate surface area is 175 Å². The Hall–Kier alpha value is -0.360. The summed E-state index contributed by atoms with van der Waals surface area (Å²) in [5, 5.41) is 9.85. The van der Waals surface area contributed by atoms with Gasteiger partial charge in [-0.05, 0) is 61.3 Å². The highest BCUT2D eigenvalue weighted by molar-refractivity contribution is 8.18. The van der Waals surface area contributed by atoms with Crippen molar-refractivity contribution >= 4 is 23.5 Å². The van der Waals surface area contributed by atoms with Crippen LogP contribution in [0, 0.1) is 12.8 Å². The zero-order valence-electron chi connectivity index (χ0n) is 17.9. The molecule has 2 saturated heterocycles. The molecule has 0 amide bonds. The van der Waals surface area contributed by atoms with Crippen molar-refractivity contribution in [1.29, 1.82) is 0 Å². The van der Waals surface area contributed by atoms with Crippen molar-refractivity contribution in [1.82, 2.24) is 0 Å². The maximum Gasteiger partial charge on any atom is 0.121 e. The predicted molar refractivity (Wildman–Crippen MR) is 121 cm³/mol. The van der Waals surface area contributed by atoms with Gasteiger partial charge in [-0.15, -0.1) is 23.5 Å². The van der Waals surface area contributed by atoms with Crippen molar-refractivity contribution in [3.8, 4) is 5.75 Å². The minimum atomic E-state index is -0.277. The van der Waals surface area contributed by atoms with Gasteiger partial charge in [-0.2, -0.15) is 0 Å². The number of hydrogen-bond acceptors (Lipinski definition) is 5. The standard InChI is InChI=1S/C15H22O2S2.C5H10O.C2H6/c1-11-9-13(5-6-14(11)17-3)15(10-12(2)16)18-7-4-8-19-15;1-5-2-3-6-4-5;1-2/h5-6,9,12,16H,4,7-8,10H2,1-3H3;5H,2-4H2,1H3;1-2H3. The molecule has 0 bridgehead atoms. The van der Waals surface area contributed by atoms with Crippen molar-refractivity contribution in [2.75, 3.05) is 31.8 Å². The molecule has 2 aliphatic rings. The second-order valence-electron chi connectivity index (χ2n) is 7.01. The lowest BCUT2D eigenvalue weighted by molar-refractivity contribution is 0.180. The second-order valence-corrected chi connectivity index (χ2v) is 10.1. The number of ether oxygens (including phenoxy) is 2. The topological polar surface area (TPSA) is 38.7 Å². The summed E-state index contributed by atoms with van der Waals surface area (Å²) in [6.45, 7) is 12.2. The molecule has 3 rings (SSSR count). The summed E-state index contributed by atoms with van der Waals surface area (Å²) in [4.78, 5) is 0. The third kappa shape index (κ3) is 7.88. The molecular formula is C22H38O3S2. The van der Waals surface area contributed by atoms with E-state index in [1.807, 2.05) is 50.4 Å². The monoisotopic (exact) mass is 414 g/mol. The molecule has 2 heterocycles. The van der Waals surface area contributed by atoms with Gasteiger partial charge in [-0.3, -0.25) is 0 Å². The van der Waals surface area contributed by atoms with Crippen LogP contribution >= 0.6 is 23.5 Å². The van der Waals surface area contributed by atoms with E-state index in [1.165, 1.54) is 29.9 Å². The minimum absolute atomic E-state index is 0.00342. The number of methoxy groups -OCH3 is 1. The minimum Gasteiger partial charge on any atom is -0.496 e. The molecule has 0 aromatic heterocycles. The van der Waals surface area contributed by atoms with Crippen molar-refractivity contribution in [3.05, 3.63) is 29.3 Å². The maximum atomic E-state index is 9.85. The van der Waals surface area contributed by atoms with Gasteiger partial charge >= 0.3 is 0 Å². The molecular weight excluding hydrogens is 376 g/mol. The van der Waals surface area contributed by atoms with Gasteiger partial charge in [-0.1, -0.05) is 32.9 Å². The molecule has 2 fully saturated rings. The smallest absolute Gasteiger partial charge is 0.121 e. The van der Waals surface area contributed by atoms with Crippen LogP contribution in [0.1, 0.15) is 58.1 Å². The third-order valence-electron chi connectivity index (χ3n) is 4.52. The highest BCUT2D eigenvalue weighted by atomic mass is 32.2. The van der Waals surface area contributed by atoms with E-state index in [0.29, 0.717) is 0 Å². The van der Waals surface area contributed by atoms with Crippen molar-refractivity contribution in [2.45, 2.75) is 64.1 Å². The Balaban J connectivity index is 0.000000381. The Bertz CT molecular complexity index is 522. The number of aliphatic hydroxyl groups is 1. The largest absolute Gasteiger partial charge is 0.496 e. The Morgan fingerprint density at radius 2 is 1.96 bits per heavy atom. The number of aryl methyl sites for hydroxylation is 1. The first kappa shape index (κ1) is 24.7. The Morgan fingerprint density at radius 1 is 1.30 bits per heavy atom. The van der Waals surface area contributed by atoms with Gasteiger partial charge in [0.15, 0.2) is 0 Å². The molecule has 2 aliphatic heterocycles. The van der Waals surface area contributed by atoms with E-state index in [9.17, 15) is 5.11 Å². The van der Waals surface area contributed by atoms with Crippen LogP contribution in [0.5, 0.6) is 5.75 Å². The molecule has 0 aliphatic carbocycles. The van der Waals surface area contributed by atoms with Gasteiger partial charge in [0.05, 0.1) is 17.3 Å². The van der Waals surface area contributed by atoms with E-state index in [-0.39, 0.29) is 10.2 Å². The molecule has 5 heteroatoms. The van der Waals surface area contributed by atoms with E-state index in [1.54, 1.807) is 7.11 Å². The molecule has 2 atom stereocenters. The fourth-order valence-electron chi connectivity index (χ4n) is 3.13. The van der Waals surface area contributed by atoms with E-state index >= 15 is 0 Å². The first-order valence-electron chi connectivity index (χ1n) is 10.2. The lowest BCUT2D eigenvalue weighted by Crippen LogP contribution is -2.27. The summed E-state index contributed by atoms with van der Waals surface area (Å²) in [5.41, 5.74) is 2.47. The first-order chi connectivity index (χ1) is 13.0. The summed E-state index contributed by atoms with van der Waals surface area (Å²) >= 11 is 3.95. The normalized spacial score (nSPS) is 22.0. The molecule has 156 valence electrons. The van der Waals surface area contributed by atoms with Crippen molar-refractivity contribution < 1.29 is 14.6 Å². The lowest BCUT2D eigenvalue weighted by Gasteiger charge is -2.37. The van der Waals surface area contributed by atoms with E-state index in [2.05, 4.69) is 26.0 Å². The van der Waals surface area contributed by atoms with Crippen LogP contribution in [0.25, 0.3) is 0 Å². The van der Waals surface area contributed by atoms with E-state index in [4.69, 9.17) is 9.47 Å². The molecule has 3 nitrogen and oxygen atoms in total. The number of hydrogen-bond donors (Lipinski definition) is 1. The van der Waals surface area contributed by atoms with Crippen molar-refractivity contribution in [2.24, 2.45) is 5.92 Å². The Morgan fingerprint density at radius 3 is 2.37 bits per heavy atom. The van der Waals surface area contributed by atoms with Crippen LogP contribution in [-0.4, -0.2) is 43.0 Å². The molecule has 0 saturated carbocycles. The highest BCUT2D eigenvalue weighted by Gasteiger charge is 2.37. The summed E-state index contributed by atoms with van der Waals surface area (Å²) in [7, 11) is 1.71. The van der Waals surface area contributed by atoms with Crippen LogP contribution in [-0.2, 0) is 8.82 Å². The molecule has 2 unspecified atom stereocenters. The average Bonchev–Trinajstić information content (AvgIpc) is 3.15. The number of aliphatic hydroxyl groups excluding tert-OH is 1. The molecule has 27 heavy (non-hydrogen) atoms. The van der Waals surface area contributed by atoms with Crippen LogP contribution in [0.15, 0.2) is 18.2 Å².